The number of nitrogens with two attached hydrogens (primary N) is 1. The predicted octanol–water partition coefficient (Wildman–Crippen LogP) is 3.42. The van der Waals surface area contributed by atoms with Crippen LogP contribution in [-0.2, 0) is 0 Å². The first-order valence-corrected chi connectivity index (χ1v) is 10.8. The molecule has 28 heavy (non-hydrogen) atoms. The van der Waals surface area contributed by atoms with Gasteiger partial charge >= 0.3 is 0 Å². The van der Waals surface area contributed by atoms with E-state index in [9.17, 15) is 0 Å². The summed E-state index contributed by atoms with van der Waals surface area (Å²) in [7, 11) is 0. The van der Waals surface area contributed by atoms with Crippen LogP contribution in [0.15, 0.2) is 40.8 Å². The first kappa shape index (κ1) is 18.1. The Labute approximate surface area is 172 Å². The number of rotatable bonds is 3. The smallest absolute Gasteiger partial charge is 0.223 e. The van der Waals surface area contributed by atoms with Crippen molar-refractivity contribution in [3.05, 3.63) is 36.1 Å². The molecule has 7 nitrogen and oxygen atoms in total. The number of imidazole rings is 1. The summed E-state index contributed by atoms with van der Waals surface area (Å²) in [5.74, 6) is 0.944. The molecule has 0 unspecified atom stereocenters. The van der Waals surface area contributed by atoms with Gasteiger partial charge in [0.15, 0.2) is 5.65 Å². The SMILES string of the molecule is N[C@@H]1CCCC12CCN(c1ncc(Sc3ccnc(Cl)n3)c3nccn13)CC2. The Morgan fingerprint density at radius 1 is 1.14 bits per heavy atom. The third-order valence-electron chi connectivity index (χ3n) is 6.21. The van der Waals surface area contributed by atoms with Crippen LogP contribution in [0.3, 0.4) is 0 Å². The van der Waals surface area contributed by atoms with E-state index in [1.54, 1.807) is 6.20 Å². The first-order valence-electron chi connectivity index (χ1n) is 9.64. The van der Waals surface area contributed by atoms with E-state index in [1.165, 1.54) is 31.0 Å². The molecule has 3 aromatic rings. The summed E-state index contributed by atoms with van der Waals surface area (Å²) in [6, 6.07) is 2.19. The highest BCUT2D eigenvalue weighted by Crippen LogP contribution is 2.46. The van der Waals surface area contributed by atoms with Crippen molar-refractivity contribution in [2.45, 2.75) is 48.1 Å². The quantitative estimate of drug-likeness (QED) is 0.518. The minimum atomic E-state index is 0.237. The lowest BCUT2D eigenvalue weighted by Crippen LogP contribution is -2.47. The summed E-state index contributed by atoms with van der Waals surface area (Å²) >= 11 is 7.40. The maximum Gasteiger partial charge on any atom is 0.223 e. The van der Waals surface area contributed by atoms with Crippen LogP contribution in [0.1, 0.15) is 32.1 Å². The van der Waals surface area contributed by atoms with Gasteiger partial charge in [-0.1, -0.05) is 18.2 Å². The number of fused-ring (bicyclic) bond motifs is 1. The summed E-state index contributed by atoms with van der Waals surface area (Å²) < 4.78 is 2.07. The minimum Gasteiger partial charge on any atom is -0.342 e. The fourth-order valence-corrected chi connectivity index (χ4v) is 5.65. The van der Waals surface area contributed by atoms with Crippen molar-refractivity contribution in [2.75, 3.05) is 18.0 Å². The van der Waals surface area contributed by atoms with Crippen LogP contribution in [0.25, 0.3) is 5.65 Å². The van der Waals surface area contributed by atoms with Crippen molar-refractivity contribution in [2.24, 2.45) is 11.1 Å². The molecular formula is C19H22ClN7S. The lowest BCUT2D eigenvalue weighted by atomic mass is 9.74. The van der Waals surface area contributed by atoms with Crippen molar-refractivity contribution >= 4 is 35.0 Å². The van der Waals surface area contributed by atoms with Crippen molar-refractivity contribution in [3.8, 4) is 0 Å². The lowest BCUT2D eigenvalue weighted by Gasteiger charge is -2.42. The van der Waals surface area contributed by atoms with Crippen LogP contribution in [0.4, 0.5) is 5.95 Å². The average Bonchev–Trinajstić information content (AvgIpc) is 3.31. The van der Waals surface area contributed by atoms with Crippen LogP contribution in [0, 0.1) is 5.41 Å². The van der Waals surface area contributed by atoms with Gasteiger partial charge in [-0.3, -0.25) is 4.40 Å². The molecule has 1 aliphatic heterocycles. The molecule has 4 heterocycles. The molecule has 9 heteroatoms. The summed E-state index contributed by atoms with van der Waals surface area (Å²) in [6.45, 7) is 1.98. The van der Waals surface area contributed by atoms with Crippen molar-refractivity contribution in [1.82, 2.24) is 24.3 Å². The molecule has 1 aliphatic carbocycles. The summed E-state index contributed by atoms with van der Waals surface area (Å²) in [6.07, 6.45) is 13.3. The number of hydrogen-bond donors (Lipinski definition) is 1. The highest BCUT2D eigenvalue weighted by atomic mass is 35.5. The van der Waals surface area contributed by atoms with Gasteiger partial charge in [-0.05, 0) is 48.8 Å². The second-order valence-corrected chi connectivity index (χ2v) is 9.06. The molecule has 5 rings (SSSR count). The number of hydrogen-bond acceptors (Lipinski definition) is 7. The second-order valence-electron chi connectivity index (χ2n) is 7.66. The highest BCUT2D eigenvalue weighted by Gasteiger charge is 2.43. The molecule has 2 N–H and O–H groups in total. The van der Waals surface area contributed by atoms with Crippen LogP contribution in [-0.4, -0.2) is 43.5 Å². The van der Waals surface area contributed by atoms with Crippen molar-refractivity contribution in [3.63, 3.8) is 0 Å². The van der Waals surface area contributed by atoms with E-state index in [4.69, 9.17) is 22.3 Å². The predicted molar refractivity (Wildman–Crippen MR) is 110 cm³/mol. The molecule has 146 valence electrons. The maximum absolute atomic E-state index is 6.43. The zero-order valence-electron chi connectivity index (χ0n) is 15.5. The van der Waals surface area contributed by atoms with Gasteiger partial charge in [-0.2, -0.15) is 0 Å². The third kappa shape index (κ3) is 3.13. The van der Waals surface area contributed by atoms with E-state index in [-0.39, 0.29) is 5.28 Å². The largest absolute Gasteiger partial charge is 0.342 e. The number of nitrogens with zero attached hydrogens (tertiary/aromatic N) is 6. The van der Waals surface area contributed by atoms with Crippen LogP contribution < -0.4 is 10.6 Å². The molecule has 1 spiro atoms. The first-order chi connectivity index (χ1) is 13.6. The Hall–Kier alpha value is -1.90. The third-order valence-corrected chi connectivity index (χ3v) is 7.33. The van der Waals surface area contributed by atoms with Crippen molar-refractivity contribution < 1.29 is 0 Å². The van der Waals surface area contributed by atoms with Gasteiger partial charge in [0, 0.05) is 43.9 Å². The van der Waals surface area contributed by atoms with Gasteiger partial charge < -0.3 is 10.6 Å². The molecule has 0 amide bonds. The van der Waals surface area contributed by atoms with Crippen LogP contribution in [0.5, 0.6) is 0 Å². The molecule has 2 aliphatic rings. The monoisotopic (exact) mass is 415 g/mol. The van der Waals surface area contributed by atoms with E-state index < -0.39 is 0 Å². The van der Waals surface area contributed by atoms with Crippen LogP contribution >= 0.6 is 23.4 Å². The van der Waals surface area contributed by atoms with Crippen LogP contribution in [0.2, 0.25) is 5.28 Å². The minimum absolute atomic E-state index is 0.237. The number of anilines is 1. The molecule has 1 atom stereocenters. The highest BCUT2D eigenvalue weighted by molar-refractivity contribution is 7.99. The standard InChI is InChI=1S/C19H22ClN7S/c20-17-23-7-3-15(25-17)28-13-12-24-18(27-11-8-22-16(13)27)26-9-5-19(6-10-26)4-1-2-14(19)21/h3,7-8,11-12,14H,1-2,4-6,9-10,21H2/t14-/m1/s1. The summed E-state index contributed by atoms with van der Waals surface area (Å²) in [5.41, 5.74) is 7.65. The molecule has 2 fully saturated rings. The summed E-state index contributed by atoms with van der Waals surface area (Å²) in [5, 5.41) is 1.01. The average molecular weight is 416 g/mol. The van der Waals surface area contributed by atoms with Gasteiger partial charge in [0.1, 0.15) is 5.03 Å². The molecule has 1 saturated heterocycles. The molecule has 3 aromatic heterocycles. The molecule has 0 radical (unpaired) electrons. The second kappa shape index (κ2) is 7.17. The van der Waals surface area contributed by atoms with Gasteiger partial charge in [0.2, 0.25) is 11.2 Å². The normalized spacial score (nSPS) is 21.6. The fourth-order valence-electron chi connectivity index (χ4n) is 4.62. The van der Waals surface area contributed by atoms with E-state index in [2.05, 4.69) is 24.3 Å². The molecular weight excluding hydrogens is 394 g/mol. The Morgan fingerprint density at radius 2 is 2.00 bits per heavy atom. The maximum atomic E-state index is 6.43. The Kier molecular flexibility index (Phi) is 4.65. The van der Waals surface area contributed by atoms with Gasteiger partial charge in [-0.25, -0.2) is 19.9 Å². The number of halogens is 1. The van der Waals surface area contributed by atoms with E-state index in [0.717, 1.165) is 47.4 Å². The van der Waals surface area contributed by atoms with Gasteiger partial charge in [0.05, 0.1) is 4.90 Å². The number of aromatic nitrogens is 5. The zero-order chi connectivity index (χ0) is 19.1. The molecule has 0 bridgehead atoms. The topological polar surface area (TPSA) is 85.2 Å². The van der Waals surface area contributed by atoms with Crippen molar-refractivity contribution in [1.29, 1.82) is 0 Å². The fraction of sp³-hybridized carbons (Fsp3) is 0.474. The van der Waals surface area contributed by atoms with E-state index in [0.29, 0.717) is 11.5 Å². The van der Waals surface area contributed by atoms with Gasteiger partial charge in [0.25, 0.3) is 0 Å². The zero-order valence-corrected chi connectivity index (χ0v) is 17.0. The number of piperidine rings is 1. The Balaban J connectivity index is 1.40. The molecule has 1 saturated carbocycles. The van der Waals surface area contributed by atoms with Gasteiger partial charge in [-0.15, -0.1) is 0 Å². The Bertz CT molecular complexity index is 999. The summed E-state index contributed by atoms with van der Waals surface area (Å²) in [4.78, 5) is 20.8. The Morgan fingerprint density at radius 3 is 2.75 bits per heavy atom. The lowest BCUT2D eigenvalue weighted by molar-refractivity contribution is 0.197. The van der Waals surface area contributed by atoms with E-state index in [1.807, 2.05) is 24.7 Å². The molecule has 0 aromatic carbocycles. The van der Waals surface area contributed by atoms with E-state index >= 15 is 0 Å².